The summed E-state index contributed by atoms with van der Waals surface area (Å²) in [5.74, 6) is -0.155. The van der Waals surface area contributed by atoms with Gasteiger partial charge in [0.15, 0.2) is 0 Å². The van der Waals surface area contributed by atoms with Crippen LogP contribution in [0.3, 0.4) is 0 Å². The van der Waals surface area contributed by atoms with Gasteiger partial charge in [-0.05, 0) is 52.5 Å². The average molecular weight is 278 g/mol. The Morgan fingerprint density at radius 3 is 3.05 bits per heavy atom. The molecule has 104 valence electrons. The maximum absolute atomic E-state index is 12.4. The van der Waals surface area contributed by atoms with Crippen LogP contribution in [-0.4, -0.2) is 22.6 Å². The Kier molecular flexibility index (Phi) is 2.65. The van der Waals surface area contributed by atoms with Crippen molar-refractivity contribution in [2.24, 2.45) is 0 Å². The number of amides is 1. The lowest BCUT2D eigenvalue weighted by atomic mass is 10.1. The van der Waals surface area contributed by atoms with Crippen LogP contribution in [0.25, 0.3) is 0 Å². The number of aliphatic hydroxyl groups excluding tert-OH is 1. The van der Waals surface area contributed by atoms with E-state index in [9.17, 15) is 9.90 Å². The summed E-state index contributed by atoms with van der Waals surface area (Å²) in [7, 11) is 0. The zero-order chi connectivity index (χ0) is 14.4. The first-order chi connectivity index (χ1) is 10.3. The van der Waals surface area contributed by atoms with Gasteiger partial charge in [0.2, 0.25) is 0 Å². The average Bonchev–Trinajstić information content (AvgIpc) is 3.00. The van der Waals surface area contributed by atoms with E-state index in [1.54, 1.807) is 18.5 Å². The zero-order valence-electron chi connectivity index (χ0n) is 11.3. The molecule has 4 nitrogen and oxygen atoms in total. The van der Waals surface area contributed by atoms with E-state index in [0.29, 0.717) is 5.57 Å². The summed E-state index contributed by atoms with van der Waals surface area (Å²) in [5, 5.41) is 12.4. The largest absolute Gasteiger partial charge is 0.394 e. The van der Waals surface area contributed by atoms with Crippen LogP contribution in [0.4, 0.5) is 0 Å². The normalized spacial score (nSPS) is 19.4. The minimum absolute atomic E-state index is 0.154. The van der Waals surface area contributed by atoms with Gasteiger partial charge in [0.05, 0.1) is 12.6 Å². The highest BCUT2D eigenvalue weighted by Crippen LogP contribution is 2.51. The van der Waals surface area contributed by atoms with E-state index in [0.717, 1.165) is 17.6 Å². The van der Waals surface area contributed by atoms with Gasteiger partial charge in [-0.1, -0.05) is 12.1 Å². The van der Waals surface area contributed by atoms with Crippen molar-refractivity contribution in [3.8, 4) is 0 Å². The van der Waals surface area contributed by atoms with Crippen LogP contribution in [0.15, 0.2) is 70.6 Å². The van der Waals surface area contributed by atoms with Crippen LogP contribution in [0.5, 0.6) is 0 Å². The second-order valence-electron chi connectivity index (χ2n) is 5.39. The summed E-state index contributed by atoms with van der Waals surface area (Å²) < 4.78 is 0. The molecule has 1 amide bonds. The summed E-state index contributed by atoms with van der Waals surface area (Å²) in [6.07, 6.45) is 10.3. The zero-order valence-corrected chi connectivity index (χ0v) is 11.3. The Morgan fingerprint density at radius 2 is 2.29 bits per heavy atom. The Morgan fingerprint density at radius 1 is 1.38 bits per heavy atom. The molecule has 1 aromatic rings. The lowest BCUT2D eigenvalue weighted by Crippen LogP contribution is -2.31. The smallest absolute Gasteiger partial charge is 0.252 e. The molecule has 0 saturated heterocycles. The molecule has 0 bridgehead atoms. The highest BCUT2D eigenvalue weighted by atomic mass is 16.3. The number of allylic oxidation sites excluding steroid dienone is 6. The summed E-state index contributed by atoms with van der Waals surface area (Å²) in [6, 6.07) is 3.20. The molecule has 1 heterocycles. The molecule has 0 radical (unpaired) electrons. The number of carbonyl (C=O) groups is 1. The number of fused-ring (bicyclic) bond motifs is 2. The van der Waals surface area contributed by atoms with Crippen LogP contribution in [0.1, 0.15) is 18.0 Å². The maximum Gasteiger partial charge on any atom is 0.252 e. The van der Waals surface area contributed by atoms with Crippen molar-refractivity contribution in [1.82, 2.24) is 10.3 Å². The monoisotopic (exact) mass is 278 g/mol. The van der Waals surface area contributed by atoms with Crippen molar-refractivity contribution in [3.63, 3.8) is 0 Å². The van der Waals surface area contributed by atoms with Gasteiger partial charge in [-0.2, -0.15) is 0 Å². The van der Waals surface area contributed by atoms with Gasteiger partial charge in [0.1, 0.15) is 0 Å². The minimum atomic E-state index is -0.437. The number of aromatic nitrogens is 1. The van der Waals surface area contributed by atoms with Crippen molar-refractivity contribution in [3.05, 3.63) is 76.2 Å². The van der Waals surface area contributed by atoms with Crippen molar-refractivity contribution >= 4 is 5.91 Å². The van der Waals surface area contributed by atoms with Crippen LogP contribution in [-0.2, 0) is 4.79 Å². The fourth-order valence-corrected chi connectivity index (χ4v) is 2.89. The van der Waals surface area contributed by atoms with Crippen molar-refractivity contribution in [1.29, 1.82) is 0 Å². The van der Waals surface area contributed by atoms with E-state index >= 15 is 0 Å². The molecule has 0 aromatic carbocycles. The van der Waals surface area contributed by atoms with Gasteiger partial charge in [0, 0.05) is 18.0 Å². The third-order valence-corrected chi connectivity index (χ3v) is 4.09. The van der Waals surface area contributed by atoms with Gasteiger partial charge in [0.25, 0.3) is 5.91 Å². The van der Waals surface area contributed by atoms with E-state index in [2.05, 4.69) is 16.4 Å². The van der Waals surface area contributed by atoms with E-state index in [1.807, 2.05) is 18.2 Å². The highest BCUT2D eigenvalue weighted by molar-refractivity contribution is 6.02. The molecule has 4 rings (SSSR count). The maximum atomic E-state index is 12.4. The Labute approximate surface area is 122 Å². The lowest BCUT2D eigenvalue weighted by Gasteiger charge is -2.16. The Bertz CT molecular complexity index is 754. The summed E-state index contributed by atoms with van der Waals surface area (Å²) in [6.45, 7) is -0.154. The second-order valence-corrected chi connectivity index (χ2v) is 5.39. The topological polar surface area (TPSA) is 62.2 Å². The van der Waals surface area contributed by atoms with E-state index < -0.39 is 6.04 Å². The molecular weight excluding hydrogens is 264 g/mol. The molecule has 1 saturated carbocycles. The van der Waals surface area contributed by atoms with Crippen LogP contribution in [0, 0.1) is 0 Å². The molecule has 0 aliphatic heterocycles. The van der Waals surface area contributed by atoms with Gasteiger partial charge in [-0.25, -0.2) is 0 Å². The second kappa shape index (κ2) is 4.53. The predicted octanol–water partition coefficient (Wildman–Crippen LogP) is 1.74. The fourth-order valence-electron chi connectivity index (χ4n) is 2.89. The molecule has 3 aliphatic rings. The SMILES string of the molecule is O=C(NC(CO)c1cccnc1)C1=C2C=C3CC3=C2C=C1. The molecular formula is C17H14N2O2. The number of hydrogen-bond donors (Lipinski definition) is 2. The van der Waals surface area contributed by atoms with E-state index in [4.69, 9.17) is 0 Å². The summed E-state index contributed by atoms with van der Waals surface area (Å²) in [4.78, 5) is 16.5. The minimum Gasteiger partial charge on any atom is -0.394 e. The third-order valence-electron chi connectivity index (χ3n) is 4.09. The third kappa shape index (κ3) is 1.96. The number of nitrogens with one attached hydrogen (secondary N) is 1. The lowest BCUT2D eigenvalue weighted by molar-refractivity contribution is -0.118. The molecule has 1 aromatic heterocycles. The quantitative estimate of drug-likeness (QED) is 0.882. The first kappa shape index (κ1) is 12.3. The van der Waals surface area contributed by atoms with Crippen molar-refractivity contribution < 1.29 is 9.90 Å². The number of rotatable bonds is 4. The highest BCUT2D eigenvalue weighted by Gasteiger charge is 2.35. The van der Waals surface area contributed by atoms with Gasteiger partial charge in [-0.15, -0.1) is 0 Å². The molecule has 0 spiro atoms. The van der Waals surface area contributed by atoms with Crippen LogP contribution < -0.4 is 5.32 Å². The van der Waals surface area contributed by atoms with Gasteiger partial charge < -0.3 is 10.4 Å². The van der Waals surface area contributed by atoms with Crippen LogP contribution in [0.2, 0.25) is 0 Å². The van der Waals surface area contributed by atoms with Gasteiger partial charge in [-0.3, -0.25) is 9.78 Å². The number of nitrogens with zero attached hydrogens (tertiary/aromatic N) is 1. The standard InChI is InChI=1S/C17H14N2O2/c20-9-16(10-2-1-5-18-8-10)19-17(21)13-4-3-12-14-6-11(14)7-15(12)13/h1-5,7-8,16,20H,6,9H2,(H,19,21). The molecule has 1 atom stereocenters. The molecule has 3 aliphatic carbocycles. The number of aliphatic hydroxyl groups is 1. The fraction of sp³-hybridized carbons (Fsp3) is 0.176. The first-order valence-corrected chi connectivity index (χ1v) is 6.96. The number of hydrogen-bond acceptors (Lipinski definition) is 3. The number of pyridine rings is 1. The molecule has 1 unspecified atom stereocenters. The Hall–Kier alpha value is -2.46. The molecule has 4 heteroatoms. The van der Waals surface area contributed by atoms with Crippen molar-refractivity contribution in [2.75, 3.05) is 6.61 Å². The Balaban J connectivity index is 1.57. The molecule has 1 fully saturated rings. The number of carbonyl (C=O) groups excluding carboxylic acids is 1. The van der Waals surface area contributed by atoms with E-state index in [-0.39, 0.29) is 12.5 Å². The summed E-state index contributed by atoms with van der Waals surface area (Å²) in [5.41, 5.74) is 6.41. The van der Waals surface area contributed by atoms with Crippen molar-refractivity contribution in [2.45, 2.75) is 12.5 Å². The molecule has 2 N–H and O–H groups in total. The summed E-state index contributed by atoms with van der Waals surface area (Å²) >= 11 is 0. The molecule has 21 heavy (non-hydrogen) atoms. The van der Waals surface area contributed by atoms with Crippen LogP contribution >= 0.6 is 0 Å². The first-order valence-electron chi connectivity index (χ1n) is 6.96. The van der Waals surface area contributed by atoms with E-state index in [1.165, 1.54) is 16.7 Å². The van der Waals surface area contributed by atoms with Gasteiger partial charge >= 0.3 is 0 Å². The predicted molar refractivity (Wildman–Crippen MR) is 78.1 cm³/mol.